The standard InChI is InChI=1S/C7H10N2O2/c1-9-3-5(2-8)6(4-9)7(10)11/h5-6H,3-4H2,1H3,(H,10,11)/t5-,6-/m1/s1. The molecule has 11 heavy (non-hydrogen) atoms. The smallest absolute Gasteiger partial charge is 0.309 e. The van der Waals surface area contributed by atoms with Gasteiger partial charge in [0.25, 0.3) is 0 Å². The number of carboxylic acid groups (broad SMARTS) is 1. The minimum atomic E-state index is -0.860. The van der Waals surface area contributed by atoms with Gasteiger partial charge in [0.05, 0.1) is 17.9 Å². The van der Waals surface area contributed by atoms with E-state index in [1.54, 1.807) is 0 Å². The first-order valence-electron chi connectivity index (χ1n) is 3.46. The fourth-order valence-electron chi connectivity index (χ4n) is 1.38. The molecule has 0 aromatic heterocycles. The molecule has 1 aliphatic rings. The lowest BCUT2D eigenvalue weighted by Gasteiger charge is -2.04. The fourth-order valence-corrected chi connectivity index (χ4v) is 1.38. The van der Waals surface area contributed by atoms with Gasteiger partial charge in [0.2, 0.25) is 0 Å². The Balaban J connectivity index is 2.67. The second-order valence-electron chi connectivity index (χ2n) is 2.90. The van der Waals surface area contributed by atoms with E-state index < -0.39 is 11.9 Å². The molecule has 1 aliphatic heterocycles. The second kappa shape index (κ2) is 2.89. The van der Waals surface area contributed by atoms with Crippen LogP contribution in [-0.2, 0) is 4.79 Å². The molecule has 0 bridgehead atoms. The molecule has 0 aromatic rings. The summed E-state index contributed by atoms with van der Waals surface area (Å²) in [7, 11) is 1.83. The van der Waals surface area contributed by atoms with Gasteiger partial charge in [0.1, 0.15) is 0 Å². The summed E-state index contributed by atoms with van der Waals surface area (Å²) in [5.74, 6) is -1.69. The highest BCUT2D eigenvalue weighted by Crippen LogP contribution is 2.21. The minimum absolute atomic E-state index is 0.336. The molecular formula is C7H10N2O2. The van der Waals surface area contributed by atoms with Gasteiger partial charge in [-0.3, -0.25) is 4.79 Å². The van der Waals surface area contributed by atoms with Crippen LogP contribution in [0.4, 0.5) is 0 Å². The lowest BCUT2D eigenvalue weighted by Crippen LogP contribution is -2.21. The summed E-state index contributed by atoms with van der Waals surface area (Å²) in [6.07, 6.45) is 0. The highest BCUT2D eigenvalue weighted by atomic mass is 16.4. The largest absolute Gasteiger partial charge is 0.481 e. The van der Waals surface area contributed by atoms with Crippen molar-refractivity contribution in [1.82, 2.24) is 4.90 Å². The van der Waals surface area contributed by atoms with Crippen LogP contribution >= 0.6 is 0 Å². The van der Waals surface area contributed by atoms with E-state index in [1.807, 2.05) is 18.0 Å². The van der Waals surface area contributed by atoms with Crippen molar-refractivity contribution in [2.45, 2.75) is 0 Å². The first kappa shape index (κ1) is 8.02. The van der Waals surface area contributed by atoms with Gasteiger partial charge < -0.3 is 10.0 Å². The molecule has 4 nitrogen and oxygen atoms in total. The van der Waals surface area contributed by atoms with E-state index in [2.05, 4.69) is 0 Å². The van der Waals surface area contributed by atoms with Crippen molar-refractivity contribution in [3.8, 4) is 6.07 Å². The van der Waals surface area contributed by atoms with Crippen LogP contribution in [-0.4, -0.2) is 36.1 Å². The molecule has 0 aliphatic carbocycles. The van der Waals surface area contributed by atoms with Crippen LogP contribution in [0.3, 0.4) is 0 Å². The number of nitrogens with zero attached hydrogens (tertiary/aromatic N) is 2. The van der Waals surface area contributed by atoms with Crippen molar-refractivity contribution >= 4 is 5.97 Å². The molecular weight excluding hydrogens is 144 g/mol. The molecule has 4 heteroatoms. The highest BCUT2D eigenvalue weighted by molar-refractivity contribution is 5.71. The van der Waals surface area contributed by atoms with Gasteiger partial charge in [-0.2, -0.15) is 5.26 Å². The third-order valence-electron chi connectivity index (χ3n) is 1.99. The third kappa shape index (κ3) is 1.49. The van der Waals surface area contributed by atoms with Crippen LogP contribution in [0.15, 0.2) is 0 Å². The zero-order valence-corrected chi connectivity index (χ0v) is 6.32. The van der Waals surface area contributed by atoms with E-state index in [-0.39, 0.29) is 5.92 Å². The number of hydrogen-bond donors (Lipinski definition) is 1. The van der Waals surface area contributed by atoms with Crippen LogP contribution in [0.2, 0.25) is 0 Å². The first-order valence-corrected chi connectivity index (χ1v) is 3.46. The molecule has 0 radical (unpaired) electrons. The summed E-state index contributed by atoms with van der Waals surface area (Å²) in [4.78, 5) is 12.4. The van der Waals surface area contributed by atoms with Crippen molar-refractivity contribution in [3.05, 3.63) is 0 Å². The Hall–Kier alpha value is -1.08. The monoisotopic (exact) mass is 154 g/mol. The lowest BCUT2D eigenvalue weighted by molar-refractivity contribution is -0.141. The molecule has 0 saturated carbocycles. The zero-order chi connectivity index (χ0) is 8.43. The number of aliphatic carboxylic acids is 1. The molecule has 1 heterocycles. The quantitative estimate of drug-likeness (QED) is 0.566. The van der Waals surface area contributed by atoms with Gasteiger partial charge in [-0.25, -0.2) is 0 Å². The number of nitriles is 1. The molecule has 1 rings (SSSR count). The average Bonchev–Trinajstić information content (AvgIpc) is 2.30. The van der Waals surface area contributed by atoms with E-state index in [1.165, 1.54) is 0 Å². The van der Waals surface area contributed by atoms with Crippen molar-refractivity contribution in [2.24, 2.45) is 11.8 Å². The van der Waals surface area contributed by atoms with Crippen molar-refractivity contribution in [2.75, 3.05) is 20.1 Å². The Bertz CT molecular complexity index is 209. The van der Waals surface area contributed by atoms with E-state index in [0.29, 0.717) is 13.1 Å². The Morgan fingerprint density at radius 2 is 2.36 bits per heavy atom. The second-order valence-corrected chi connectivity index (χ2v) is 2.90. The topological polar surface area (TPSA) is 64.3 Å². The van der Waals surface area contributed by atoms with Crippen molar-refractivity contribution < 1.29 is 9.90 Å². The van der Waals surface area contributed by atoms with E-state index >= 15 is 0 Å². The SMILES string of the molecule is CN1C[C@@H](C#N)[C@H](C(=O)O)C1. The molecule has 2 atom stereocenters. The van der Waals surface area contributed by atoms with Gasteiger partial charge in [-0.1, -0.05) is 0 Å². The predicted molar refractivity (Wildman–Crippen MR) is 37.7 cm³/mol. The minimum Gasteiger partial charge on any atom is -0.481 e. The van der Waals surface area contributed by atoms with Crippen LogP contribution < -0.4 is 0 Å². The number of likely N-dealkylation sites (tertiary alicyclic amines) is 1. The number of carbonyl (C=O) groups is 1. The molecule has 1 N–H and O–H groups in total. The van der Waals surface area contributed by atoms with Crippen LogP contribution in [0, 0.1) is 23.2 Å². The Morgan fingerprint density at radius 3 is 2.73 bits per heavy atom. The van der Waals surface area contributed by atoms with Gasteiger partial charge in [-0.15, -0.1) is 0 Å². The molecule has 0 unspecified atom stereocenters. The highest BCUT2D eigenvalue weighted by Gasteiger charge is 2.35. The number of carboxylic acids is 1. The van der Waals surface area contributed by atoms with Crippen LogP contribution in [0.1, 0.15) is 0 Å². The molecule has 1 fully saturated rings. The van der Waals surface area contributed by atoms with E-state index in [4.69, 9.17) is 10.4 Å². The molecule has 0 aromatic carbocycles. The normalized spacial score (nSPS) is 31.6. The van der Waals surface area contributed by atoms with Crippen molar-refractivity contribution in [1.29, 1.82) is 5.26 Å². The van der Waals surface area contributed by atoms with Gasteiger partial charge in [0.15, 0.2) is 0 Å². The summed E-state index contributed by atoms with van der Waals surface area (Å²) < 4.78 is 0. The maximum atomic E-state index is 10.5. The third-order valence-corrected chi connectivity index (χ3v) is 1.99. The maximum Gasteiger partial charge on any atom is 0.309 e. The molecule has 1 saturated heterocycles. The maximum absolute atomic E-state index is 10.5. The molecule has 0 amide bonds. The summed E-state index contributed by atoms with van der Waals surface area (Å²) in [5.41, 5.74) is 0. The summed E-state index contributed by atoms with van der Waals surface area (Å²) in [5, 5.41) is 17.2. The van der Waals surface area contributed by atoms with Crippen LogP contribution in [0.25, 0.3) is 0 Å². The number of hydrogen-bond acceptors (Lipinski definition) is 3. The zero-order valence-electron chi connectivity index (χ0n) is 6.32. The Kier molecular flexibility index (Phi) is 2.11. The summed E-state index contributed by atoms with van der Waals surface area (Å²) in [6.45, 7) is 1.07. The van der Waals surface area contributed by atoms with Crippen molar-refractivity contribution in [3.63, 3.8) is 0 Å². The van der Waals surface area contributed by atoms with Gasteiger partial charge in [0, 0.05) is 13.1 Å². The lowest BCUT2D eigenvalue weighted by atomic mass is 9.98. The first-order chi connectivity index (χ1) is 5.15. The number of rotatable bonds is 1. The average molecular weight is 154 g/mol. The van der Waals surface area contributed by atoms with Gasteiger partial charge in [-0.05, 0) is 7.05 Å². The van der Waals surface area contributed by atoms with E-state index in [0.717, 1.165) is 0 Å². The Labute approximate surface area is 65.0 Å². The van der Waals surface area contributed by atoms with Crippen LogP contribution in [0.5, 0.6) is 0 Å². The van der Waals surface area contributed by atoms with E-state index in [9.17, 15) is 4.79 Å². The fraction of sp³-hybridized carbons (Fsp3) is 0.714. The summed E-state index contributed by atoms with van der Waals surface area (Å²) >= 11 is 0. The molecule has 0 spiro atoms. The summed E-state index contributed by atoms with van der Waals surface area (Å²) in [6, 6.07) is 2.00. The molecule has 60 valence electrons. The Morgan fingerprint density at radius 1 is 1.73 bits per heavy atom. The predicted octanol–water partition coefficient (Wildman–Crippen LogP) is -0.228. The van der Waals surface area contributed by atoms with Gasteiger partial charge >= 0.3 is 5.97 Å².